The normalized spacial score (nSPS) is 16.9. The van der Waals surface area contributed by atoms with Crippen molar-refractivity contribution in [1.82, 2.24) is 9.88 Å². The summed E-state index contributed by atoms with van der Waals surface area (Å²) in [5.74, 6) is -0.0893. The van der Waals surface area contributed by atoms with Crippen molar-refractivity contribution < 1.29 is 9.90 Å². The molecule has 20 heavy (non-hydrogen) atoms. The summed E-state index contributed by atoms with van der Waals surface area (Å²) in [7, 11) is 6.27. The molecule has 0 aliphatic heterocycles. The minimum atomic E-state index is -0.923. The predicted molar refractivity (Wildman–Crippen MR) is 79.5 cm³/mol. The highest BCUT2D eigenvalue weighted by Crippen LogP contribution is 2.37. The van der Waals surface area contributed by atoms with Crippen LogP contribution in [0, 0.1) is 6.92 Å². The fraction of sp³-hybridized carbons (Fsp3) is 0.600. The van der Waals surface area contributed by atoms with Gasteiger partial charge in [0.25, 0.3) is 0 Å². The number of pyridine rings is 1. The number of aromatic nitrogens is 1. The van der Waals surface area contributed by atoms with Crippen molar-refractivity contribution >= 4 is 11.8 Å². The smallest absolute Gasteiger partial charge is 0.337 e. The molecule has 1 fully saturated rings. The molecule has 2 rings (SSSR count). The first-order valence-electron chi connectivity index (χ1n) is 6.95. The molecule has 0 saturated heterocycles. The van der Waals surface area contributed by atoms with Gasteiger partial charge in [0.05, 0.1) is 11.3 Å². The minimum Gasteiger partial charge on any atom is -0.478 e. The van der Waals surface area contributed by atoms with Crippen LogP contribution in [-0.4, -0.2) is 54.2 Å². The summed E-state index contributed by atoms with van der Waals surface area (Å²) < 4.78 is 0. The van der Waals surface area contributed by atoms with Gasteiger partial charge in [0.2, 0.25) is 0 Å². The lowest BCUT2D eigenvalue weighted by Crippen LogP contribution is -2.56. The van der Waals surface area contributed by atoms with Crippen molar-refractivity contribution in [2.24, 2.45) is 0 Å². The molecule has 0 amide bonds. The number of hydrogen-bond donors (Lipinski definition) is 1. The first-order chi connectivity index (χ1) is 9.35. The number of carbonyl (C=O) groups is 1. The molecule has 1 aromatic heterocycles. The Morgan fingerprint density at radius 2 is 2.00 bits per heavy atom. The molecule has 0 aromatic carbocycles. The lowest BCUT2D eigenvalue weighted by molar-refractivity contribution is 0.0680. The van der Waals surface area contributed by atoms with E-state index in [4.69, 9.17) is 5.11 Å². The highest BCUT2D eigenvalue weighted by atomic mass is 16.4. The maximum Gasteiger partial charge on any atom is 0.337 e. The molecule has 1 N–H and O–H groups in total. The Hall–Kier alpha value is -1.62. The molecule has 1 aromatic rings. The fourth-order valence-electron chi connectivity index (χ4n) is 2.84. The van der Waals surface area contributed by atoms with E-state index in [0.29, 0.717) is 5.69 Å². The molecule has 1 heterocycles. The topological polar surface area (TPSA) is 56.7 Å². The number of rotatable bonds is 5. The van der Waals surface area contributed by atoms with Crippen LogP contribution in [0.5, 0.6) is 0 Å². The Morgan fingerprint density at radius 1 is 1.35 bits per heavy atom. The van der Waals surface area contributed by atoms with Crippen molar-refractivity contribution in [3.8, 4) is 0 Å². The number of carboxylic acids is 1. The number of aryl methyl sites for hydroxylation is 1. The van der Waals surface area contributed by atoms with Crippen molar-refractivity contribution in [1.29, 1.82) is 0 Å². The van der Waals surface area contributed by atoms with Gasteiger partial charge in [-0.25, -0.2) is 9.78 Å². The van der Waals surface area contributed by atoms with E-state index in [9.17, 15) is 4.79 Å². The van der Waals surface area contributed by atoms with Gasteiger partial charge in [0.1, 0.15) is 5.82 Å². The summed E-state index contributed by atoms with van der Waals surface area (Å²) in [6, 6.07) is 3.43. The number of aromatic carboxylic acids is 1. The third-order valence-corrected chi connectivity index (χ3v) is 4.46. The summed E-state index contributed by atoms with van der Waals surface area (Å²) in [5, 5.41) is 9.04. The third-order valence-electron chi connectivity index (χ3n) is 4.46. The van der Waals surface area contributed by atoms with Crippen LogP contribution in [0.4, 0.5) is 5.82 Å². The summed E-state index contributed by atoms with van der Waals surface area (Å²) in [5.41, 5.74) is 1.07. The second kappa shape index (κ2) is 5.40. The maximum atomic E-state index is 11.0. The predicted octanol–water partition coefficient (Wildman–Crippen LogP) is 2.01. The second-order valence-electron chi connectivity index (χ2n) is 5.94. The van der Waals surface area contributed by atoms with Gasteiger partial charge in [0.15, 0.2) is 0 Å². The average molecular weight is 277 g/mol. The number of anilines is 1. The van der Waals surface area contributed by atoms with Crippen LogP contribution >= 0.6 is 0 Å². The molecule has 5 heteroatoms. The third kappa shape index (κ3) is 2.63. The van der Waals surface area contributed by atoms with Crippen molar-refractivity contribution in [2.45, 2.75) is 31.7 Å². The highest BCUT2D eigenvalue weighted by molar-refractivity contribution is 5.89. The Balaban J connectivity index is 2.15. The summed E-state index contributed by atoms with van der Waals surface area (Å²) in [4.78, 5) is 19.9. The number of carboxylic acid groups (broad SMARTS) is 1. The number of likely N-dealkylation sites (N-methyl/N-ethyl adjacent to an activating group) is 2. The number of hydrogen-bond acceptors (Lipinski definition) is 4. The van der Waals surface area contributed by atoms with E-state index >= 15 is 0 Å². The molecule has 0 spiro atoms. The van der Waals surface area contributed by atoms with Crippen LogP contribution in [0.15, 0.2) is 12.1 Å². The Morgan fingerprint density at radius 3 is 2.40 bits per heavy atom. The van der Waals surface area contributed by atoms with Gasteiger partial charge in [0, 0.05) is 19.1 Å². The van der Waals surface area contributed by atoms with E-state index in [1.807, 2.05) is 7.05 Å². The van der Waals surface area contributed by atoms with Crippen molar-refractivity contribution in [3.63, 3.8) is 0 Å². The fourth-order valence-corrected chi connectivity index (χ4v) is 2.84. The van der Waals surface area contributed by atoms with Gasteiger partial charge in [-0.1, -0.05) is 0 Å². The van der Waals surface area contributed by atoms with Crippen molar-refractivity contribution in [2.75, 3.05) is 32.6 Å². The molecule has 0 radical (unpaired) electrons. The molecule has 1 aliphatic rings. The SMILES string of the molecule is Cc1nc(N(C)CC2(N(C)C)CCC2)ccc1C(=O)O. The van der Waals surface area contributed by atoms with E-state index in [-0.39, 0.29) is 11.1 Å². The van der Waals surface area contributed by atoms with Crippen molar-refractivity contribution in [3.05, 3.63) is 23.4 Å². The maximum absolute atomic E-state index is 11.0. The van der Waals surface area contributed by atoms with Gasteiger partial charge < -0.3 is 14.9 Å². The molecule has 5 nitrogen and oxygen atoms in total. The molecule has 1 aliphatic carbocycles. The summed E-state index contributed by atoms with van der Waals surface area (Å²) in [6.45, 7) is 2.66. The van der Waals surface area contributed by atoms with Gasteiger partial charge in [-0.2, -0.15) is 0 Å². The van der Waals surface area contributed by atoms with E-state index in [0.717, 1.165) is 12.4 Å². The molecule has 0 unspecified atom stereocenters. The van der Waals surface area contributed by atoms with Crippen LogP contribution < -0.4 is 4.90 Å². The quantitative estimate of drug-likeness (QED) is 0.892. The lowest BCUT2D eigenvalue weighted by Gasteiger charge is -2.49. The van der Waals surface area contributed by atoms with Gasteiger partial charge in [-0.05, 0) is 52.4 Å². The summed E-state index contributed by atoms with van der Waals surface area (Å²) >= 11 is 0. The minimum absolute atomic E-state index is 0.232. The van der Waals surface area contributed by atoms with Gasteiger partial charge in [-0.3, -0.25) is 0 Å². The highest BCUT2D eigenvalue weighted by Gasteiger charge is 2.40. The largest absolute Gasteiger partial charge is 0.478 e. The zero-order valence-corrected chi connectivity index (χ0v) is 12.7. The van der Waals surface area contributed by atoms with E-state index in [2.05, 4.69) is 28.9 Å². The van der Waals surface area contributed by atoms with E-state index in [1.165, 1.54) is 19.3 Å². The standard InChI is InChI=1S/C15H23N3O2/c1-11-12(14(19)20)6-7-13(16-11)18(4)10-15(17(2)3)8-5-9-15/h6-7H,5,8-10H2,1-4H3,(H,19,20). The van der Waals surface area contributed by atoms with Crippen LogP contribution in [0.25, 0.3) is 0 Å². The first kappa shape index (κ1) is 14.8. The van der Waals surface area contributed by atoms with Gasteiger partial charge >= 0.3 is 5.97 Å². The second-order valence-corrected chi connectivity index (χ2v) is 5.94. The lowest BCUT2D eigenvalue weighted by atomic mass is 9.75. The summed E-state index contributed by atoms with van der Waals surface area (Å²) in [6.07, 6.45) is 3.68. The van der Waals surface area contributed by atoms with E-state index < -0.39 is 5.97 Å². The van der Waals surface area contributed by atoms with Gasteiger partial charge in [-0.15, -0.1) is 0 Å². The zero-order chi connectivity index (χ0) is 14.9. The molecular weight excluding hydrogens is 254 g/mol. The molecule has 0 atom stereocenters. The Labute approximate surface area is 120 Å². The molecule has 110 valence electrons. The molecule has 1 saturated carbocycles. The Kier molecular flexibility index (Phi) is 3.99. The zero-order valence-electron chi connectivity index (χ0n) is 12.7. The Bertz CT molecular complexity index is 510. The van der Waals surface area contributed by atoms with Crippen LogP contribution in [0.1, 0.15) is 35.3 Å². The first-order valence-corrected chi connectivity index (χ1v) is 6.95. The molecular formula is C15H23N3O2. The number of nitrogens with zero attached hydrogens (tertiary/aromatic N) is 3. The van der Waals surface area contributed by atoms with Crippen LogP contribution in [0.2, 0.25) is 0 Å². The van der Waals surface area contributed by atoms with Crippen LogP contribution in [0.3, 0.4) is 0 Å². The average Bonchev–Trinajstić information content (AvgIpc) is 2.32. The van der Waals surface area contributed by atoms with Crippen LogP contribution in [-0.2, 0) is 0 Å². The monoisotopic (exact) mass is 277 g/mol. The molecule has 0 bridgehead atoms. The van der Waals surface area contributed by atoms with E-state index in [1.54, 1.807) is 19.1 Å².